The Morgan fingerprint density at radius 1 is 0.430 bits per heavy atom. The highest BCUT2D eigenvalue weighted by molar-refractivity contribution is 6.00. The number of phenolic OH excluding ortho intramolecular Hbond substituents is 1. The molecule has 28 heteroatoms. The summed E-state index contributed by atoms with van der Waals surface area (Å²) < 4.78 is 0. The van der Waals surface area contributed by atoms with Gasteiger partial charge in [-0.15, -0.1) is 0 Å². The van der Waals surface area contributed by atoms with E-state index in [0.29, 0.717) is 11.1 Å². The van der Waals surface area contributed by atoms with E-state index in [9.17, 15) is 82.8 Å². The van der Waals surface area contributed by atoms with Crippen LogP contribution >= 0.6 is 0 Å². The van der Waals surface area contributed by atoms with Crippen LogP contribution in [0.1, 0.15) is 97.1 Å². The van der Waals surface area contributed by atoms with Crippen LogP contribution in [-0.2, 0) is 75.2 Å². The number of rotatable bonds is 35. The lowest BCUT2D eigenvalue weighted by molar-refractivity contribution is -0.143. The average molecular weight is 1110 g/mol. The number of amides is 10. The summed E-state index contributed by atoms with van der Waals surface area (Å²) in [6.07, 6.45) is -4.53. The van der Waals surface area contributed by atoms with Gasteiger partial charge in [-0.05, 0) is 67.7 Å². The van der Waals surface area contributed by atoms with Gasteiger partial charge >= 0.3 is 17.9 Å². The fraction of sp³-hybridized carbons (Fsp3) is 0.510. The Kier molecular flexibility index (Phi) is 27.6. The van der Waals surface area contributed by atoms with E-state index in [-0.39, 0.29) is 56.1 Å². The van der Waals surface area contributed by atoms with Gasteiger partial charge in [-0.2, -0.15) is 0 Å². The number of carboxylic acid groups (broad SMARTS) is 3. The van der Waals surface area contributed by atoms with Gasteiger partial charge < -0.3 is 80.2 Å². The molecule has 0 heterocycles. The van der Waals surface area contributed by atoms with E-state index < -0.39 is 157 Å². The number of aliphatic carboxylic acids is 3. The van der Waals surface area contributed by atoms with Crippen molar-refractivity contribution in [2.45, 2.75) is 153 Å². The van der Waals surface area contributed by atoms with Crippen LogP contribution in [0.15, 0.2) is 54.6 Å². The summed E-state index contributed by atoms with van der Waals surface area (Å²) in [5.74, 6) is -15.6. The maximum Gasteiger partial charge on any atom is 0.326 e. The summed E-state index contributed by atoms with van der Waals surface area (Å²) in [4.78, 5) is 169. The second-order valence-corrected chi connectivity index (χ2v) is 19.6. The van der Waals surface area contributed by atoms with Gasteiger partial charge in [0.25, 0.3) is 0 Å². The third-order valence-corrected chi connectivity index (χ3v) is 11.7. The Bertz CT molecular complexity index is 2490. The lowest BCUT2D eigenvalue weighted by atomic mass is 10.00. The molecule has 79 heavy (non-hydrogen) atoms. The Hall–Kier alpha value is -8.69. The molecule has 434 valence electrons. The van der Waals surface area contributed by atoms with Crippen LogP contribution in [0.25, 0.3) is 0 Å². The number of hydrogen-bond acceptors (Lipinski definition) is 15. The van der Waals surface area contributed by atoms with Crippen LogP contribution in [-0.4, -0.2) is 152 Å². The van der Waals surface area contributed by atoms with E-state index in [4.69, 9.17) is 17.2 Å². The zero-order valence-electron chi connectivity index (χ0n) is 44.4. The van der Waals surface area contributed by atoms with Crippen molar-refractivity contribution in [2.24, 2.45) is 29.0 Å². The van der Waals surface area contributed by atoms with Crippen LogP contribution < -0.4 is 59.7 Å². The number of carboxylic acids is 3. The third-order valence-electron chi connectivity index (χ3n) is 11.7. The maximum absolute atomic E-state index is 14.2. The molecular formula is C51H73N11O17. The number of carbonyl (C=O) groups is 13. The molecule has 2 rings (SSSR count). The molecule has 0 fully saturated rings. The molecular weight excluding hydrogens is 1040 g/mol. The Morgan fingerprint density at radius 2 is 0.848 bits per heavy atom. The second kappa shape index (κ2) is 32.8. The Balaban J connectivity index is 2.49. The molecule has 0 aliphatic carbocycles. The Morgan fingerprint density at radius 3 is 1.33 bits per heavy atom. The van der Waals surface area contributed by atoms with Gasteiger partial charge in [0.1, 0.15) is 54.1 Å². The molecule has 0 aromatic heterocycles. The highest BCUT2D eigenvalue weighted by Crippen LogP contribution is 2.14. The average Bonchev–Trinajstić information content (AvgIpc) is 3.35. The molecule has 0 radical (unpaired) electrons. The minimum absolute atomic E-state index is 0.0319. The smallest absolute Gasteiger partial charge is 0.326 e. The van der Waals surface area contributed by atoms with Crippen LogP contribution in [0.4, 0.5) is 0 Å². The van der Waals surface area contributed by atoms with Crippen molar-refractivity contribution in [3.8, 4) is 5.75 Å². The standard InChI is InChI=1S/C51H73N11O17/c1-25(2)19-33(57-44(71)31(52)15-17-39(53)64)47(74)59-35(21-28-9-7-6-8-10-28)48(75)56-32(16-18-41(66)67)45(72)61-37(24-42(68)69)50(77)60-36(23-40(54)65)49(76)58-34(22-29-11-13-30(63)14-12-29)46(73)55-27(5)43(70)62-38(51(78)79)20-26(3)4/h6-14,25-27,31-38,63H,15-24,52H2,1-5H3,(H2,53,64)(H2,54,65)(H,55,73)(H,56,75)(H,57,71)(H,58,76)(H,59,74)(H,60,77)(H,61,72)(H,62,70)(H,66,67)(H,68,69)(H,78,79)/t27-,31-,32-,33-,34-,35-,36-,37-,38-/m0/s1. The topological polar surface area (TPSA) is 477 Å². The number of benzene rings is 2. The molecule has 0 saturated carbocycles. The highest BCUT2D eigenvalue weighted by Gasteiger charge is 2.36. The van der Waals surface area contributed by atoms with E-state index in [2.05, 4.69) is 42.5 Å². The largest absolute Gasteiger partial charge is 0.508 e. The lowest BCUT2D eigenvalue weighted by Gasteiger charge is -2.28. The molecule has 0 bridgehead atoms. The number of carbonyl (C=O) groups excluding carboxylic acids is 10. The van der Waals surface area contributed by atoms with Crippen molar-refractivity contribution in [3.05, 3.63) is 65.7 Å². The molecule has 0 aliphatic heterocycles. The van der Waals surface area contributed by atoms with Gasteiger partial charge in [-0.1, -0.05) is 70.2 Å². The summed E-state index contributed by atoms with van der Waals surface area (Å²) in [6, 6.07) is -0.993. The maximum atomic E-state index is 14.2. The molecule has 2 aromatic rings. The van der Waals surface area contributed by atoms with Crippen molar-refractivity contribution in [1.82, 2.24) is 42.5 Å². The van der Waals surface area contributed by atoms with Gasteiger partial charge in [0, 0.05) is 25.7 Å². The van der Waals surface area contributed by atoms with Gasteiger partial charge in [-0.25, -0.2) is 4.79 Å². The van der Waals surface area contributed by atoms with Crippen molar-refractivity contribution < 1.29 is 82.8 Å². The minimum atomic E-state index is -2.13. The van der Waals surface area contributed by atoms with Crippen LogP contribution in [0, 0.1) is 11.8 Å². The zero-order chi connectivity index (χ0) is 59.7. The van der Waals surface area contributed by atoms with E-state index >= 15 is 0 Å². The predicted octanol–water partition coefficient (Wildman–Crippen LogP) is -2.94. The molecule has 0 unspecified atom stereocenters. The summed E-state index contributed by atoms with van der Waals surface area (Å²) in [5, 5.41) is 57.6. The molecule has 10 amide bonds. The van der Waals surface area contributed by atoms with Gasteiger partial charge in [0.05, 0.1) is 18.9 Å². The van der Waals surface area contributed by atoms with E-state index in [1.165, 1.54) is 31.2 Å². The summed E-state index contributed by atoms with van der Waals surface area (Å²) in [6.45, 7) is 8.17. The Labute approximate surface area is 454 Å². The number of nitrogens with one attached hydrogen (secondary N) is 8. The van der Waals surface area contributed by atoms with Crippen molar-refractivity contribution >= 4 is 77.0 Å². The number of aromatic hydroxyl groups is 1. The van der Waals surface area contributed by atoms with Crippen molar-refractivity contribution in [1.29, 1.82) is 0 Å². The first-order chi connectivity index (χ1) is 36.9. The SMILES string of the molecule is CC(C)C[C@H](NC(=O)[C@H](C)NC(=O)[C@H](Cc1ccc(O)cc1)NC(=O)[C@H](CC(N)=O)NC(=O)[C@H](CC(=O)O)NC(=O)[C@H](CCC(=O)O)NC(=O)[C@H](Cc1ccccc1)NC(=O)[C@H](CC(C)C)NC(=O)[C@@H](N)CCC(N)=O)C(=O)O. The van der Waals surface area contributed by atoms with Crippen molar-refractivity contribution in [3.63, 3.8) is 0 Å². The molecule has 28 nitrogen and oxygen atoms in total. The van der Waals surface area contributed by atoms with Gasteiger partial charge in [0.2, 0.25) is 59.1 Å². The second-order valence-electron chi connectivity index (χ2n) is 19.6. The fourth-order valence-corrected chi connectivity index (χ4v) is 7.61. The van der Waals surface area contributed by atoms with Crippen molar-refractivity contribution in [2.75, 3.05) is 0 Å². The monoisotopic (exact) mass is 1110 g/mol. The van der Waals surface area contributed by atoms with Crippen LogP contribution in [0.2, 0.25) is 0 Å². The van der Waals surface area contributed by atoms with Gasteiger partial charge in [-0.3, -0.25) is 57.5 Å². The quantitative estimate of drug-likeness (QED) is 0.0328. The number of nitrogens with two attached hydrogens (primary N) is 3. The number of primary amides is 2. The first kappa shape index (κ1) is 66.4. The number of hydrogen-bond donors (Lipinski definition) is 15. The van der Waals surface area contributed by atoms with E-state index in [0.717, 1.165) is 0 Å². The summed E-state index contributed by atoms with van der Waals surface area (Å²) in [5.41, 5.74) is 17.4. The first-order valence-electron chi connectivity index (χ1n) is 25.2. The zero-order valence-corrected chi connectivity index (χ0v) is 44.4. The minimum Gasteiger partial charge on any atom is -0.508 e. The number of phenols is 1. The normalized spacial score (nSPS) is 14.4. The molecule has 0 saturated heterocycles. The molecule has 2 aromatic carbocycles. The van der Waals surface area contributed by atoms with Crippen LogP contribution in [0.3, 0.4) is 0 Å². The lowest BCUT2D eigenvalue weighted by Crippen LogP contribution is -2.61. The fourth-order valence-electron chi connectivity index (χ4n) is 7.61. The predicted molar refractivity (Wildman–Crippen MR) is 279 cm³/mol. The molecule has 0 aliphatic rings. The summed E-state index contributed by atoms with van der Waals surface area (Å²) >= 11 is 0. The third kappa shape index (κ3) is 25.3. The van der Waals surface area contributed by atoms with Crippen LogP contribution in [0.5, 0.6) is 5.75 Å². The molecule has 18 N–H and O–H groups in total. The van der Waals surface area contributed by atoms with E-state index in [1.54, 1.807) is 58.0 Å². The first-order valence-corrected chi connectivity index (χ1v) is 25.2. The van der Waals surface area contributed by atoms with Gasteiger partial charge in [0.15, 0.2) is 0 Å². The summed E-state index contributed by atoms with van der Waals surface area (Å²) in [7, 11) is 0. The van der Waals surface area contributed by atoms with E-state index in [1.807, 2.05) is 0 Å². The molecule has 0 spiro atoms. The molecule has 9 atom stereocenters. The highest BCUT2D eigenvalue weighted by atomic mass is 16.4.